The van der Waals surface area contributed by atoms with E-state index < -0.39 is 21.4 Å². The van der Waals surface area contributed by atoms with E-state index in [9.17, 15) is 18.0 Å². The summed E-state index contributed by atoms with van der Waals surface area (Å²) in [5.74, 6) is 0.0290. The van der Waals surface area contributed by atoms with Crippen LogP contribution in [0, 0.1) is 6.92 Å². The van der Waals surface area contributed by atoms with E-state index in [2.05, 4.69) is 10.00 Å². The predicted molar refractivity (Wildman–Crippen MR) is 155 cm³/mol. The number of methoxy groups -OCH3 is 1. The third-order valence-corrected chi connectivity index (χ3v) is 8.24. The molecule has 0 aliphatic carbocycles. The van der Waals surface area contributed by atoms with Gasteiger partial charge in [0.15, 0.2) is 0 Å². The Balaban J connectivity index is 1.36. The molecule has 0 fully saturated rings. The Bertz CT molecular complexity index is 2020. The van der Waals surface area contributed by atoms with Crippen molar-refractivity contribution in [1.29, 1.82) is 0 Å². The number of aryl methyl sites for hydroxylation is 1. The molecule has 11 nitrogen and oxygen atoms in total. The van der Waals surface area contributed by atoms with E-state index in [-0.39, 0.29) is 11.2 Å². The van der Waals surface area contributed by atoms with Crippen LogP contribution in [-0.4, -0.2) is 41.1 Å². The Kier molecular flexibility index (Phi) is 6.75. The van der Waals surface area contributed by atoms with Gasteiger partial charge in [0.05, 0.1) is 23.7 Å². The molecule has 1 aliphatic heterocycles. The van der Waals surface area contributed by atoms with Crippen LogP contribution in [0.2, 0.25) is 0 Å². The van der Waals surface area contributed by atoms with E-state index in [0.29, 0.717) is 39.4 Å². The minimum Gasteiger partial charge on any atom is -0.497 e. The molecule has 0 saturated heterocycles. The first-order valence-electron chi connectivity index (χ1n) is 12.8. The highest BCUT2D eigenvalue weighted by atomic mass is 32.2. The van der Waals surface area contributed by atoms with Crippen LogP contribution in [0.3, 0.4) is 0 Å². The molecule has 0 spiro atoms. The molecule has 0 radical (unpaired) electrons. The summed E-state index contributed by atoms with van der Waals surface area (Å²) in [6.45, 7) is 1.88. The number of anilines is 1. The van der Waals surface area contributed by atoms with E-state index in [1.54, 1.807) is 86.0 Å². The molecule has 1 atom stereocenters. The van der Waals surface area contributed by atoms with Crippen molar-refractivity contribution in [3.8, 4) is 22.8 Å². The quantitative estimate of drug-likeness (QED) is 0.275. The zero-order valence-corrected chi connectivity index (χ0v) is 23.3. The molecule has 6 rings (SSSR count). The summed E-state index contributed by atoms with van der Waals surface area (Å²) in [5.41, 5.74) is 2.91. The molecule has 0 bridgehead atoms. The largest absolute Gasteiger partial charge is 0.497 e. The summed E-state index contributed by atoms with van der Waals surface area (Å²) >= 11 is 0. The number of benzene rings is 4. The van der Waals surface area contributed by atoms with Gasteiger partial charge in [-0.3, -0.25) is 18.9 Å². The van der Waals surface area contributed by atoms with Crippen LogP contribution in [0.25, 0.3) is 28.0 Å². The lowest BCUT2D eigenvalue weighted by atomic mass is 10.1. The number of ether oxygens (including phenoxy) is 1. The lowest BCUT2D eigenvalue weighted by Crippen LogP contribution is -2.38. The maximum absolute atomic E-state index is 13.7. The van der Waals surface area contributed by atoms with Crippen LogP contribution >= 0.6 is 0 Å². The van der Waals surface area contributed by atoms with Crippen LogP contribution in [0.1, 0.15) is 5.56 Å². The van der Waals surface area contributed by atoms with Gasteiger partial charge < -0.3 is 4.74 Å². The van der Waals surface area contributed by atoms with Crippen LogP contribution in [0.15, 0.2) is 107 Å². The van der Waals surface area contributed by atoms with E-state index in [4.69, 9.17) is 14.6 Å². The predicted octanol–water partition coefficient (Wildman–Crippen LogP) is 4.71. The number of rotatable bonds is 7. The third kappa shape index (κ3) is 4.88. The van der Waals surface area contributed by atoms with Crippen molar-refractivity contribution >= 4 is 38.3 Å². The number of nitrogens with zero attached hydrogens (tertiary/aromatic N) is 4. The van der Waals surface area contributed by atoms with Gasteiger partial charge >= 0.3 is 21.4 Å². The van der Waals surface area contributed by atoms with Crippen molar-refractivity contribution in [3.05, 3.63) is 113 Å². The molecular formula is C30H24N5O6S+. The van der Waals surface area contributed by atoms with E-state index in [1.807, 2.05) is 13.0 Å². The normalized spacial score (nSPS) is 14.9. The molecule has 0 amide bonds. The van der Waals surface area contributed by atoms with E-state index >= 15 is 0 Å². The van der Waals surface area contributed by atoms with E-state index in [0.717, 1.165) is 10.3 Å². The highest BCUT2D eigenvalue weighted by Crippen LogP contribution is 2.27. The maximum Gasteiger partial charge on any atom is 0.429 e. The van der Waals surface area contributed by atoms with Gasteiger partial charge in [-0.1, -0.05) is 29.8 Å². The number of carbonyl (C=O) groups is 1. The number of nitrogens with one attached hydrogen (secondary N) is 1. The average Bonchev–Trinajstić information content (AvgIpc) is 3.40. The molecule has 4 aromatic carbocycles. The Morgan fingerprint density at radius 2 is 1.60 bits per heavy atom. The van der Waals surface area contributed by atoms with Gasteiger partial charge in [-0.05, 0) is 72.3 Å². The SMILES string of the molecule is COc1ccc(-c2nc3ccccc3c(=O)n2-c2ccc(NS(=O)(=O)C3C(=O)ON=[N+]3c3ccc(C)cc3)cc2)cc1. The number of carbonyl (C=O) groups excluding carboxylic acids is 1. The summed E-state index contributed by atoms with van der Waals surface area (Å²) in [6, 6.07) is 27.2. The van der Waals surface area contributed by atoms with Gasteiger partial charge in [0.2, 0.25) is 11.0 Å². The lowest BCUT2D eigenvalue weighted by Gasteiger charge is -2.15. The zero-order valence-electron chi connectivity index (χ0n) is 22.5. The Morgan fingerprint density at radius 1 is 0.905 bits per heavy atom. The van der Waals surface area contributed by atoms with Crippen molar-refractivity contribution < 1.29 is 27.5 Å². The van der Waals surface area contributed by atoms with Crippen molar-refractivity contribution in [1.82, 2.24) is 9.55 Å². The van der Waals surface area contributed by atoms with Gasteiger partial charge in [0.1, 0.15) is 11.6 Å². The fourth-order valence-corrected chi connectivity index (χ4v) is 5.91. The summed E-state index contributed by atoms with van der Waals surface area (Å²) < 4.78 is 36.8. The first-order valence-corrected chi connectivity index (χ1v) is 14.4. The number of sulfonamides is 1. The smallest absolute Gasteiger partial charge is 0.429 e. The summed E-state index contributed by atoms with van der Waals surface area (Å²) in [7, 11) is -2.76. The minimum atomic E-state index is -4.33. The second-order valence-corrected chi connectivity index (χ2v) is 11.3. The highest BCUT2D eigenvalue weighted by Gasteiger charge is 2.52. The lowest BCUT2D eigenvalue weighted by molar-refractivity contribution is -0.518. The number of hydrogen-bond donors (Lipinski definition) is 1. The Morgan fingerprint density at radius 3 is 2.29 bits per heavy atom. The number of aromatic nitrogens is 2. The first kappa shape index (κ1) is 26.8. The molecule has 42 heavy (non-hydrogen) atoms. The number of para-hydroxylation sites is 1. The second-order valence-electron chi connectivity index (χ2n) is 9.54. The summed E-state index contributed by atoms with van der Waals surface area (Å²) in [5, 5.41) is 2.36. The van der Waals surface area contributed by atoms with Gasteiger partial charge in [0, 0.05) is 23.4 Å². The third-order valence-electron chi connectivity index (χ3n) is 6.74. The van der Waals surface area contributed by atoms with Crippen molar-refractivity contribution in [2.75, 3.05) is 11.8 Å². The summed E-state index contributed by atoms with van der Waals surface area (Å²) in [4.78, 5) is 35.6. The fraction of sp³-hybridized carbons (Fsp3) is 0.100. The standard InChI is InChI=1S/C30H24N5O6S/c1-19-7-13-23(14-8-19)35-29(30(37)41-33-35)42(38,39)32-21-11-15-22(16-12-21)34-27(20-9-17-24(40-2)18-10-20)31-26-6-4-3-5-25(26)28(34)36/h3-18,29,32H,1-2H3/q+1. The van der Waals surface area contributed by atoms with Crippen LogP contribution in [0.4, 0.5) is 11.4 Å². The molecule has 12 heteroatoms. The fourth-order valence-electron chi connectivity index (χ4n) is 4.61. The van der Waals surface area contributed by atoms with Crippen LogP contribution in [-0.2, 0) is 19.7 Å². The molecule has 1 aliphatic rings. The van der Waals surface area contributed by atoms with Crippen molar-refractivity contribution in [2.24, 2.45) is 5.28 Å². The topological polar surface area (TPSA) is 132 Å². The molecule has 2 heterocycles. The Hall–Kier alpha value is -5.36. The van der Waals surface area contributed by atoms with E-state index in [1.165, 1.54) is 16.7 Å². The van der Waals surface area contributed by atoms with Gasteiger partial charge in [-0.25, -0.2) is 9.78 Å². The number of hydrogen-bond acceptors (Lipinski definition) is 8. The molecular weight excluding hydrogens is 558 g/mol. The maximum atomic E-state index is 13.7. The molecule has 5 aromatic rings. The average molecular weight is 583 g/mol. The zero-order chi connectivity index (χ0) is 29.4. The molecule has 1 N–H and O–H groups in total. The summed E-state index contributed by atoms with van der Waals surface area (Å²) in [6.07, 6.45) is 0. The first-order chi connectivity index (χ1) is 20.2. The minimum absolute atomic E-state index is 0.176. The van der Waals surface area contributed by atoms with Gasteiger partial charge in [-0.2, -0.15) is 8.42 Å². The van der Waals surface area contributed by atoms with Crippen LogP contribution < -0.4 is 15.0 Å². The van der Waals surface area contributed by atoms with Gasteiger partial charge in [0.25, 0.3) is 5.56 Å². The highest BCUT2D eigenvalue weighted by molar-refractivity contribution is 7.93. The Labute approximate surface area is 240 Å². The number of fused-ring (bicyclic) bond motifs is 1. The van der Waals surface area contributed by atoms with Gasteiger partial charge in [-0.15, -0.1) is 0 Å². The monoisotopic (exact) mass is 582 g/mol. The van der Waals surface area contributed by atoms with Crippen molar-refractivity contribution in [2.45, 2.75) is 12.3 Å². The molecule has 0 saturated carbocycles. The molecule has 1 unspecified atom stereocenters. The molecule has 1 aromatic heterocycles. The van der Waals surface area contributed by atoms with Crippen LogP contribution in [0.5, 0.6) is 5.75 Å². The second kappa shape index (κ2) is 10.6. The molecule has 210 valence electrons. The van der Waals surface area contributed by atoms with Crippen molar-refractivity contribution in [3.63, 3.8) is 0 Å².